The summed E-state index contributed by atoms with van der Waals surface area (Å²) in [7, 11) is 0. The highest BCUT2D eigenvalue weighted by molar-refractivity contribution is 6.03. The first-order chi connectivity index (χ1) is 16.9. The Kier molecular flexibility index (Phi) is 7.66. The number of hydrogen-bond acceptors (Lipinski definition) is 7. The molecule has 192 valence electrons. The molecule has 3 aliphatic rings. The SMILES string of the molecule is CCOC(=O)[C@@H]1[C@@H]2CC[C@]3(O2)[C@H](C(=O)Nc2ccc(N(CC)CC)cc2)N(CCCCO)C(=O)[C@@H]13. The highest BCUT2D eigenvalue weighted by Gasteiger charge is 2.74. The first kappa shape index (κ1) is 25.4. The Bertz CT molecular complexity index is 934. The van der Waals surface area contributed by atoms with Crippen molar-refractivity contribution in [3.63, 3.8) is 0 Å². The van der Waals surface area contributed by atoms with Gasteiger partial charge in [-0.1, -0.05) is 0 Å². The largest absolute Gasteiger partial charge is 0.466 e. The highest BCUT2D eigenvalue weighted by Crippen LogP contribution is 2.58. The normalized spacial score (nSPS) is 28.8. The van der Waals surface area contributed by atoms with E-state index < -0.39 is 35.6 Å². The molecule has 5 atom stereocenters. The summed E-state index contributed by atoms with van der Waals surface area (Å²) in [6.45, 7) is 8.26. The molecule has 2 N–H and O–H groups in total. The Morgan fingerprint density at radius 2 is 1.91 bits per heavy atom. The molecule has 1 aromatic rings. The molecule has 3 aliphatic heterocycles. The number of carbonyl (C=O) groups is 3. The molecule has 0 radical (unpaired) electrons. The second kappa shape index (κ2) is 10.5. The van der Waals surface area contributed by atoms with Crippen LogP contribution in [0.2, 0.25) is 0 Å². The van der Waals surface area contributed by atoms with Gasteiger partial charge in [0.2, 0.25) is 11.8 Å². The molecule has 4 rings (SSSR count). The number of anilines is 2. The van der Waals surface area contributed by atoms with E-state index in [1.807, 2.05) is 24.3 Å². The van der Waals surface area contributed by atoms with Crippen molar-refractivity contribution in [1.29, 1.82) is 0 Å². The van der Waals surface area contributed by atoms with Crippen molar-refractivity contribution in [2.24, 2.45) is 11.8 Å². The van der Waals surface area contributed by atoms with Crippen molar-refractivity contribution in [2.75, 3.05) is 43.1 Å². The van der Waals surface area contributed by atoms with Crippen LogP contribution in [0.3, 0.4) is 0 Å². The second-order valence-corrected chi connectivity index (χ2v) is 9.48. The molecule has 9 heteroatoms. The number of ether oxygens (including phenoxy) is 2. The summed E-state index contributed by atoms with van der Waals surface area (Å²) < 4.78 is 11.6. The number of rotatable bonds is 11. The van der Waals surface area contributed by atoms with Gasteiger partial charge in [-0.3, -0.25) is 14.4 Å². The Morgan fingerprint density at radius 3 is 2.54 bits per heavy atom. The Labute approximate surface area is 206 Å². The summed E-state index contributed by atoms with van der Waals surface area (Å²) in [5.41, 5.74) is 0.676. The molecule has 3 fully saturated rings. The van der Waals surface area contributed by atoms with Gasteiger partial charge in [0, 0.05) is 37.6 Å². The molecule has 3 heterocycles. The maximum absolute atomic E-state index is 13.7. The number of amides is 2. The number of unbranched alkanes of at least 4 members (excludes halogenated alkanes) is 1. The predicted molar refractivity (Wildman–Crippen MR) is 131 cm³/mol. The van der Waals surface area contributed by atoms with Crippen LogP contribution in [0.4, 0.5) is 11.4 Å². The first-order valence-corrected chi connectivity index (χ1v) is 12.8. The van der Waals surface area contributed by atoms with E-state index in [0.717, 1.165) is 18.8 Å². The molecule has 0 aliphatic carbocycles. The van der Waals surface area contributed by atoms with Crippen LogP contribution in [0.5, 0.6) is 0 Å². The molecule has 0 aromatic heterocycles. The smallest absolute Gasteiger partial charge is 0.312 e. The average Bonchev–Trinajstić information content (AvgIpc) is 3.49. The third-order valence-corrected chi connectivity index (χ3v) is 7.68. The predicted octanol–water partition coefficient (Wildman–Crippen LogP) is 2.18. The quantitative estimate of drug-likeness (QED) is 0.364. The van der Waals surface area contributed by atoms with Gasteiger partial charge >= 0.3 is 5.97 Å². The molecular weight excluding hydrogens is 450 g/mol. The van der Waals surface area contributed by atoms with Gasteiger partial charge in [0.1, 0.15) is 11.6 Å². The summed E-state index contributed by atoms with van der Waals surface area (Å²) in [4.78, 5) is 43.9. The minimum Gasteiger partial charge on any atom is -0.466 e. The number of fused-ring (bicyclic) bond motifs is 1. The molecule has 0 saturated carbocycles. The number of likely N-dealkylation sites (tertiary alicyclic amines) is 1. The maximum atomic E-state index is 13.7. The van der Waals surface area contributed by atoms with Crippen molar-refractivity contribution < 1.29 is 29.0 Å². The zero-order valence-electron chi connectivity index (χ0n) is 20.9. The molecule has 9 nitrogen and oxygen atoms in total. The van der Waals surface area contributed by atoms with Gasteiger partial charge in [0.15, 0.2) is 0 Å². The number of aliphatic hydroxyl groups is 1. The number of carbonyl (C=O) groups excluding carboxylic acids is 3. The number of nitrogens with zero attached hydrogens (tertiary/aromatic N) is 2. The summed E-state index contributed by atoms with van der Waals surface area (Å²) in [5.74, 6) is -2.40. The number of hydrogen-bond donors (Lipinski definition) is 2. The lowest BCUT2D eigenvalue weighted by molar-refractivity contribution is -0.154. The van der Waals surface area contributed by atoms with Gasteiger partial charge in [-0.05, 0) is 70.7 Å². The van der Waals surface area contributed by atoms with Gasteiger partial charge in [0.05, 0.1) is 24.5 Å². The van der Waals surface area contributed by atoms with Gasteiger partial charge in [-0.15, -0.1) is 0 Å². The fraction of sp³-hybridized carbons (Fsp3) is 0.654. The summed E-state index contributed by atoms with van der Waals surface area (Å²) in [6.07, 6.45) is 1.82. The number of benzene rings is 1. The van der Waals surface area contributed by atoms with E-state index in [4.69, 9.17) is 9.47 Å². The van der Waals surface area contributed by atoms with Gasteiger partial charge < -0.3 is 29.7 Å². The lowest BCUT2D eigenvalue weighted by Gasteiger charge is -2.33. The van der Waals surface area contributed by atoms with E-state index in [9.17, 15) is 19.5 Å². The van der Waals surface area contributed by atoms with E-state index >= 15 is 0 Å². The van der Waals surface area contributed by atoms with Crippen LogP contribution in [0.25, 0.3) is 0 Å². The van der Waals surface area contributed by atoms with Crippen LogP contribution >= 0.6 is 0 Å². The minimum absolute atomic E-state index is 0.0103. The molecule has 35 heavy (non-hydrogen) atoms. The molecule has 0 unspecified atom stereocenters. The molecule has 3 saturated heterocycles. The number of esters is 1. The third-order valence-electron chi connectivity index (χ3n) is 7.68. The topological polar surface area (TPSA) is 108 Å². The summed E-state index contributed by atoms with van der Waals surface area (Å²) in [6, 6.07) is 6.82. The van der Waals surface area contributed by atoms with E-state index in [1.165, 1.54) is 0 Å². The molecule has 2 bridgehead atoms. The third kappa shape index (κ3) is 4.40. The zero-order chi connectivity index (χ0) is 25.2. The van der Waals surface area contributed by atoms with Crippen LogP contribution in [0.1, 0.15) is 46.5 Å². The van der Waals surface area contributed by atoms with Crippen LogP contribution in [0.15, 0.2) is 24.3 Å². The van der Waals surface area contributed by atoms with Gasteiger partial charge in [-0.2, -0.15) is 0 Å². The monoisotopic (exact) mass is 487 g/mol. The number of nitrogens with one attached hydrogen (secondary N) is 1. The lowest BCUT2D eigenvalue weighted by atomic mass is 9.71. The number of aliphatic hydroxyl groups excluding tert-OH is 1. The van der Waals surface area contributed by atoms with Crippen molar-refractivity contribution in [1.82, 2.24) is 4.90 Å². The maximum Gasteiger partial charge on any atom is 0.312 e. The van der Waals surface area contributed by atoms with Crippen LogP contribution in [0, 0.1) is 11.8 Å². The standard InChI is InChI=1S/C26H37N3O6/c1-4-28(5-2)18-11-9-17(10-12-18)27-23(31)22-26-14-13-19(35-26)20(25(33)34-6-3)21(26)24(32)29(22)15-7-8-16-30/h9-12,19-22,30H,4-8,13-16H2,1-3H3,(H,27,31)/t19-,20+,21+,22-,26+/m0/s1. The van der Waals surface area contributed by atoms with Crippen LogP contribution in [-0.4, -0.2) is 78.4 Å². The van der Waals surface area contributed by atoms with Crippen molar-refractivity contribution >= 4 is 29.2 Å². The van der Waals surface area contributed by atoms with Crippen LogP contribution < -0.4 is 10.2 Å². The minimum atomic E-state index is -1.04. The van der Waals surface area contributed by atoms with E-state index in [1.54, 1.807) is 11.8 Å². The van der Waals surface area contributed by atoms with Crippen molar-refractivity contribution in [3.8, 4) is 0 Å². The van der Waals surface area contributed by atoms with Crippen LogP contribution in [-0.2, 0) is 23.9 Å². The fourth-order valence-corrected chi connectivity index (χ4v) is 6.15. The molecular formula is C26H37N3O6. The Hall–Kier alpha value is -2.65. The van der Waals surface area contributed by atoms with Crippen molar-refractivity contribution in [2.45, 2.75) is 64.2 Å². The summed E-state index contributed by atoms with van der Waals surface area (Å²) >= 11 is 0. The molecule has 1 aromatic carbocycles. The second-order valence-electron chi connectivity index (χ2n) is 9.48. The lowest BCUT2D eigenvalue weighted by Crippen LogP contribution is -2.53. The summed E-state index contributed by atoms with van der Waals surface area (Å²) in [5, 5.41) is 12.2. The zero-order valence-corrected chi connectivity index (χ0v) is 20.9. The first-order valence-electron chi connectivity index (χ1n) is 12.8. The molecule has 2 amide bonds. The Morgan fingerprint density at radius 1 is 1.20 bits per heavy atom. The average molecular weight is 488 g/mol. The highest BCUT2D eigenvalue weighted by atomic mass is 16.6. The Balaban J connectivity index is 1.60. The van der Waals surface area contributed by atoms with E-state index in [0.29, 0.717) is 37.9 Å². The van der Waals surface area contributed by atoms with Crippen molar-refractivity contribution in [3.05, 3.63) is 24.3 Å². The van der Waals surface area contributed by atoms with Gasteiger partial charge in [0.25, 0.3) is 0 Å². The van der Waals surface area contributed by atoms with E-state index in [-0.39, 0.29) is 25.0 Å². The fourth-order valence-electron chi connectivity index (χ4n) is 6.15. The van der Waals surface area contributed by atoms with E-state index in [2.05, 4.69) is 24.1 Å². The molecule has 1 spiro atoms. The van der Waals surface area contributed by atoms with Gasteiger partial charge in [-0.25, -0.2) is 0 Å².